The quantitative estimate of drug-likeness (QED) is 0.393. The van der Waals surface area contributed by atoms with Gasteiger partial charge < -0.3 is 14.4 Å². The van der Waals surface area contributed by atoms with E-state index in [2.05, 4.69) is 4.72 Å². The average Bonchev–Trinajstić information content (AvgIpc) is 2.71. The average molecular weight is 477 g/mol. The number of rotatable bonds is 7. The molecule has 1 aliphatic rings. The predicted molar refractivity (Wildman–Crippen MR) is 124 cm³/mol. The fourth-order valence-electron chi connectivity index (χ4n) is 3.07. The van der Waals surface area contributed by atoms with Gasteiger partial charge in [-0.1, -0.05) is 59.6 Å². The van der Waals surface area contributed by atoms with Gasteiger partial charge in [0.2, 0.25) is 0 Å². The van der Waals surface area contributed by atoms with E-state index in [4.69, 9.17) is 27.9 Å². The second kappa shape index (κ2) is 9.81. The number of nitrogens with one attached hydrogen (secondary N) is 1. The van der Waals surface area contributed by atoms with Gasteiger partial charge in [0.15, 0.2) is 12.4 Å². The second-order valence-electron chi connectivity index (χ2n) is 7.00. The fourth-order valence-corrected chi connectivity index (χ4v) is 4.56. The highest BCUT2D eigenvalue weighted by atomic mass is 35.5. The van der Waals surface area contributed by atoms with E-state index in [-0.39, 0.29) is 17.5 Å². The molecular weight excluding hydrogens is 458 g/mol. The van der Waals surface area contributed by atoms with Gasteiger partial charge >= 0.3 is 0 Å². The highest BCUT2D eigenvalue weighted by Gasteiger charge is 2.22. The van der Waals surface area contributed by atoms with Crippen molar-refractivity contribution >= 4 is 46.7 Å². The first-order valence-electron chi connectivity index (χ1n) is 9.69. The summed E-state index contributed by atoms with van der Waals surface area (Å²) in [4.78, 5) is 14.4. The Balaban J connectivity index is 1.52. The minimum absolute atomic E-state index is 0.0946. The van der Waals surface area contributed by atoms with Crippen molar-refractivity contribution in [2.24, 2.45) is 0 Å². The molecule has 1 N–H and O–H groups in total. The molecule has 1 aliphatic heterocycles. The maximum Gasteiger partial charge on any atom is 0.260 e. The predicted octanol–water partition coefficient (Wildman–Crippen LogP) is 6.53. The molecule has 3 aromatic carbocycles. The topological polar surface area (TPSA) is 41.6 Å². The standard InChI is InChI=1S/C23H19Cl2FN2O2S/c24-17-12-18(25)23(30-14-22(29)28-9-4-10-28)21(13-17)31-27-20-11-16(7-8-19(20)26)15-5-2-1-3-6-15/h1-3,5-8,11-13,27H,4,9-10,14H2. The van der Waals surface area contributed by atoms with E-state index >= 15 is 0 Å². The van der Waals surface area contributed by atoms with Gasteiger partial charge in [-0.15, -0.1) is 0 Å². The SMILES string of the molecule is O=C(COc1c(Cl)cc(Cl)cc1SNc1cc(-c2ccccc2)ccc1F)N1CCC1. The summed E-state index contributed by atoms with van der Waals surface area (Å²) in [6, 6.07) is 17.8. The minimum Gasteiger partial charge on any atom is -0.481 e. The van der Waals surface area contributed by atoms with Gasteiger partial charge in [0.05, 0.1) is 15.6 Å². The molecule has 0 saturated carbocycles. The number of hydrogen-bond acceptors (Lipinski definition) is 4. The van der Waals surface area contributed by atoms with Gasteiger partial charge in [0.25, 0.3) is 5.91 Å². The van der Waals surface area contributed by atoms with Crippen LogP contribution in [0.15, 0.2) is 65.6 Å². The molecule has 0 aliphatic carbocycles. The van der Waals surface area contributed by atoms with Crippen LogP contribution in [0.3, 0.4) is 0 Å². The van der Waals surface area contributed by atoms with Crippen molar-refractivity contribution in [3.05, 3.63) is 76.5 Å². The van der Waals surface area contributed by atoms with Gasteiger partial charge in [-0.25, -0.2) is 4.39 Å². The van der Waals surface area contributed by atoms with Crippen molar-refractivity contribution in [2.45, 2.75) is 11.3 Å². The van der Waals surface area contributed by atoms with Gasteiger partial charge in [-0.3, -0.25) is 4.79 Å². The van der Waals surface area contributed by atoms with Gasteiger partial charge in [-0.2, -0.15) is 0 Å². The number of anilines is 1. The third-order valence-corrected chi connectivity index (χ3v) is 6.21. The molecule has 0 spiro atoms. The molecule has 31 heavy (non-hydrogen) atoms. The molecule has 0 radical (unpaired) electrons. The van der Waals surface area contributed by atoms with Crippen LogP contribution in [-0.4, -0.2) is 30.5 Å². The molecule has 4 rings (SSSR count). The van der Waals surface area contributed by atoms with Crippen molar-refractivity contribution < 1.29 is 13.9 Å². The van der Waals surface area contributed by atoms with Crippen LogP contribution in [0.4, 0.5) is 10.1 Å². The monoisotopic (exact) mass is 476 g/mol. The maximum absolute atomic E-state index is 14.4. The van der Waals surface area contributed by atoms with E-state index in [1.807, 2.05) is 30.3 Å². The lowest BCUT2D eigenvalue weighted by Crippen LogP contribution is -2.44. The van der Waals surface area contributed by atoms with Crippen molar-refractivity contribution in [3.8, 4) is 16.9 Å². The Hall–Kier alpha value is -2.41. The molecule has 0 aromatic heterocycles. The molecule has 1 amide bonds. The summed E-state index contributed by atoms with van der Waals surface area (Å²) in [5, 5.41) is 0.695. The van der Waals surface area contributed by atoms with E-state index in [0.717, 1.165) is 42.6 Å². The zero-order valence-corrected chi connectivity index (χ0v) is 18.7. The summed E-state index contributed by atoms with van der Waals surface area (Å²) in [6.45, 7) is 1.38. The molecule has 1 heterocycles. The molecule has 0 unspecified atom stereocenters. The number of likely N-dealkylation sites (tertiary alicyclic amines) is 1. The van der Waals surface area contributed by atoms with Gasteiger partial charge in [0.1, 0.15) is 5.82 Å². The van der Waals surface area contributed by atoms with E-state index < -0.39 is 5.82 Å². The molecule has 8 heteroatoms. The number of nitrogens with zero attached hydrogens (tertiary/aromatic N) is 1. The number of carbonyl (C=O) groups excluding carboxylic acids is 1. The van der Waals surface area contributed by atoms with Crippen LogP contribution in [0, 0.1) is 5.82 Å². The molecular formula is C23H19Cl2FN2O2S. The highest BCUT2D eigenvalue weighted by molar-refractivity contribution is 8.00. The van der Waals surface area contributed by atoms with Crippen LogP contribution in [0.25, 0.3) is 11.1 Å². The number of benzene rings is 3. The first-order valence-corrected chi connectivity index (χ1v) is 11.3. The number of amides is 1. The molecule has 3 aromatic rings. The lowest BCUT2D eigenvalue weighted by Gasteiger charge is -2.30. The summed E-state index contributed by atoms with van der Waals surface area (Å²) >= 11 is 13.6. The first-order chi connectivity index (χ1) is 15.0. The van der Waals surface area contributed by atoms with Crippen LogP contribution in [-0.2, 0) is 4.79 Å². The number of hydrogen-bond donors (Lipinski definition) is 1. The lowest BCUT2D eigenvalue weighted by atomic mass is 10.1. The van der Waals surface area contributed by atoms with Crippen LogP contribution in [0.1, 0.15) is 6.42 Å². The molecule has 1 fully saturated rings. The zero-order chi connectivity index (χ0) is 21.8. The van der Waals surface area contributed by atoms with Crippen LogP contribution in [0.5, 0.6) is 5.75 Å². The van der Waals surface area contributed by atoms with E-state index in [0.29, 0.717) is 21.4 Å². The van der Waals surface area contributed by atoms with Gasteiger partial charge in [-0.05, 0) is 53.8 Å². The number of halogens is 3. The fraction of sp³-hybridized carbons (Fsp3) is 0.174. The van der Waals surface area contributed by atoms with E-state index in [1.165, 1.54) is 6.07 Å². The largest absolute Gasteiger partial charge is 0.481 e. The highest BCUT2D eigenvalue weighted by Crippen LogP contribution is 2.39. The van der Waals surface area contributed by atoms with Crippen LogP contribution in [0.2, 0.25) is 10.0 Å². The Morgan fingerprint density at radius 3 is 2.55 bits per heavy atom. The molecule has 160 valence electrons. The second-order valence-corrected chi connectivity index (χ2v) is 8.69. The van der Waals surface area contributed by atoms with Gasteiger partial charge in [0, 0.05) is 18.1 Å². The summed E-state index contributed by atoms with van der Waals surface area (Å²) < 4.78 is 23.2. The number of carbonyl (C=O) groups is 1. The molecule has 1 saturated heterocycles. The Bertz CT molecular complexity index is 1090. The Morgan fingerprint density at radius 1 is 1.06 bits per heavy atom. The summed E-state index contributed by atoms with van der Waals surface area (Å²) in [7, 11) is 0. The van der Waals surface area contributed by atoms with Crippen molar-refractivity contribution in [1.29, 1.82) is 0 Å². The third-order valence-electron chi connectivity index (χ3n) is 4.87. The summed E-state index contributed by atoms with van der Waals surface area (Å²) in [5.41, 5.74) is 2.17. The third kappa shape index (κ3) is 5.26. The van der Waals surface area contributed by atoms with Crippen molar-refractivity contribution in [2.75, 3.05) is 24.4 Å². The summed E-state index contributed by atoms with van der Waals surface area (Å²) in [6.07, 6.45) is 1.01. The van der Waals surface area contributed by atoms with E-state index in [1.54, 1.807) is 29.2 Å². The van der Waals surface area contributed by atoms with Crippen LogP contribution < -0.4 is 9.46 Å². The smallest absolute Gasteiger partial charge is 0.260 e. The van der Waals surface area contributed by atoms with Crippen LogP contribution >= 0.6 is 35.1 Å². The summed E-state index contributed by atoms with van der Waals surface area (Å²) in [5.74, 6) is -0.157. The normalized spacial score (nSPS) is 12.9. The van der Waals surface area contributed by atoms with E-state index in [9.17, 15) is 9.18 Å². The van der Waals surface area contributed by atoms with Crippen molar-refractivity contribution in [1.82, 2.24) is 4.90 Å². The van der Waals surface area contributed by atoms with Crippen molar-refractivity contribution in [3.63, 3.8) is 0 Å². The molecule has 0 bridgehead atoms. The first kappa shape index (κ1) is 21.8. The molecule has 4 nitrogen and oxygen atoms in total. The number of ether oxygens (including phenoxy) is 1. The zero-order valence-electron chi connectivity index (χ0n) is 16.4. The lowest BCUT2D eigenvalue weighted by molar-refractivity contribution is -0.136. The Morgan fingerprint density at radius 2 is 1.84 bits per heavy atom. The Labute approximate surface area is 194 Å². The maximum atomic E-state index is 14.4. The minimum atomic E-state index is -0.393. The Kier molecular flexibility index (Phi) is 6.90. The molecule has 0 atom stereocenters.